The Balaban J connectivity index is 2.13. The first-order valence-corrected chi connectivity index (χ1v) is 5.96. The Bertz CT molecular complexity index is 343. The van der Waals surface area contributed by atoms with Gasteiger partial charge in [0.2, 0.25) is 0 Å². The number of fused-ring (bicyclic) bond motifs is 1. The predicted octanol–water partition coefficient (Wildman–Crippen LogP) is -0.420. The molecule has 7 heteroatoms. The van der Waals surface area contributed by atoms with Crippen molar-refractivity contribution in [3.63, 3.8) is 0 Å². The highest BCUT2D eigenvalue weighted by atomic mass is 16.6. The second-order valence-electron chi connectivity index (χ2n) is 4.86. The molecular formula is C11H17NO6. The van der Waals surface area contributed by atoms with Gasteiger partial charge in [-0.2, -0.15) is 0 Å². The summed E-state index contributed by atoms with van der Waals surface area (Å²) in [6.45, 7) is 0.589. The average molecular weight is 259 g/mol. The zero-order valence-corrected chi connectivity index (χ0v) is 9.87. The average Bonchev–Trinajstić information content (AvgIpc) is 2.68. The SMILES string of the molecule is N[C@@H](C[C@@]1(C(=O)O)C[C@H]2OCCC[C@H]2O1)C(=O)O. The molecule has 0 amide bonds. The Morgan fingerprint density at radius 1 is 1.39 bits per heavy atom. The second kappa shape index (κ2) is 4.83. The molecule has 2 fully saturated rings. The van der Waals surface area contributed by atoms with E-state index in [1.54, 1.807) is 0 Å². The first-order chi connectivity index (χ1) is 8.44. The lowest BCUT2D eigenvalue weighted by Crippen LogP contribution is -2.46. The molecule has 0 saturated carbocycles. The minimum atomic E-state index is -1.53. The van der Waals surface area contributed by atoms with Gasteiger partial charge < -0.3 is 25.4 Å². The van der Waals surface area contributed by atoms with Crippen LogP contribution in [0, 0.1) is 0 Å². The number of carboxylic acid groups (broad SMARTS) is 2. The molecule has 0 radical (unpaired) electrons. The van der Waals surface area contributed by atoms with Crippen LogP contribution in [-0.2, 0) is 19.1 Å². The van der Waals surface area contributed by atoms with Crippen LogP contribution in [0.25, 0.3) is 0 Å². The Morgan fingerprint density at radius 3 is 2.67 bits per heavy atom. The van der Waals surface area contributed by atoms with E-state index in [9.17, 15) is 14.7 Å². The second-order valence-corrected chi connectivity index (χ2v) is 4.86. The molecule has 4 atom stereocenters. The van der Waals surface area contributed by atoms with Crippen LogP contribution in [0.15, 0.2) is 0 Å². The standard InChI is InChI=1S/C11H17NO6/c12-6(9(13)14)4-11(10(15)16)5-8-7(18-11)2-1-3-17-8/h6-8H,1-5,12H2,(H,13,14)(H,15,16)/t6-,7+,8+,11-/m0/s1. The van der Waals surface area contributed by atoms with E-state index in [0.29, 0.717) is 6.61 Å². The fraction of sp³-hybridized carbons (Fsp3) is 0.818. The lowest BCUT2D eigenvalue weighted by molar-refractivity contribution is -0.168. The normalized spacial score (nSPS) is 36.9. The van der Waals surface area contributed by atoms with Gasteiger partial charge in [0.05, 0.1) is 12.2 Å². The van der Waals surface area contributed by atoms with E-state index in [0.717, 1.165) is 12.8 Å². The first-order valence-electron chi connectivity index (χ1n) is 5.96. The summed E-state index contributed by atoms with van der Waals surface area (Å²) in [5.41, 5.74) is 3.89. The summed E-state index contributed by atoms with van der Waals surface area (Å²) in [4.78, 5) is 22.2. The van der Waals surface area contributed by atoms with E-state index in [1.165, 1.54) is 0 Å². The summed E-state index contributed by atoms with van der Waals surface area (Å²) in [5, 5.41) is 18.1. The smallest absolute Gasteiger partial charge is 0.336 e. The molecule has 18 heavy (non-hydrogen) atoms. The number of carboxylic acids is 2. The van der Waals surface area contributed by atoms with Gasteiger partial charge in [0, 0.05) is 19.4 Å². The molecular weight excluding hydrogens is 242 g/mol. The van der Waals surface area contributed by atoms with Crippen LogP contribution in [0.4, 0.5) is 0 Å². The highest BCUT2D eigenvalue weighted by Crippen LogP contribution is 2.39. The molecule has 0 aromatic rings. The Morgan fingerprint density at radius 2 is 2.11 bits per heavy atom. The van der Waals surface area contributed by atoms with Gasteiger partial charge in [-0.15, -0.1) is 0 Å². The van der Waals surface area contributed by atoms with Crippen molar-refractivity contribution in [2.45, 2.75) is 49.5 Å². The summed E-state index contributed by atoms with van der Waals surface area (Å²) in [6.07, 6.45) is 0.943. The van der Waals surface area contributed by atoms with Crippen LogP contribution in [0.2, 0.25) is 0 Å². The monoisotopic (exact) mass is 259 g/mol. The predicted molar refractivity (Wildman–Crippen MR) is 59.1 cm³/mol. The number of aliphatic carboxylic acids is 2. The maximum absolute atomic E-state index is 11.4. The number of rotatable bonds is 4. The van der Waals surface area contributed by atoms with Crippen LogP contribution < -0.4 is 5.73 Å². The maximum atomic E-state index is 11.4. The third-order valence-electron chi connectivity index (χ3n) is 3.54. The van der Waals surface area contributed by atoms with Gasteiger partial charge in [0.25, 0.3) is 0 Å². The fourth-order valence-corrected chi connectivity index (χ4v) is 2.60. The van der Waals surface area contributed by atoms with Crippen molar-refractivity contribution in [2.24, 2.45) is 5.73 Å². The van der Waals surface area contributed by atoms with E-state index < -0.39 is 23.6 Å². The maximum Gasteiger partial charge on any atom is 0.336 e. The van der Waals surface area contributed by atoms with Crippen LogP contribution in [0.5, 0.6) is 0 Å². The summed E-state index contributed by atoms with van der Waals surface area (Å²) in [6, 6.07) is -1.25. The third kappa shape index (κ3) is 2.33. The summed E-state index contributed by atoms with van der Waals surface area (Å²) < 4.78 is 11.0. The Labute approximate surface area is 104 Å². The van der Waals surface area contributed by atoms with Gasteiger partial charge in [0.1, 0.15) is 6.04 Å². The van der Waals surface area contributed by atoms with Gasteiger partial charge in [-0.05, 0) is 12.8 Å². The summed E-state index contributed by atoms with van der Waals surface area (Å²) in [5.74, 6) is -2.40. The molecule has 102 valence electrons. The van der Waals surface area contributed by atoms with Crippen molar-refractivity contribution >= 4 is 11.9 Å². The number of ether oxygens (including phenoxy) is 2. The van der Waals surface area contributed by atoms with Crippen molar-refractivity contribution in [3.05, 3.63) is 0 Å². The largest absolute Gasteiger partial charge is 0.480 e. The lowest BCUT2D eigenvalue weighted by Gasteiger charge is -2.26. The Hall–Kier alpha value is -1.18. The van der Waals surface area contributed by atoms with E-state index >= 15 is 0 Å². The molecule has 2 aliphatic rings. The minimum Gasteiger partial charge on any atom is -0.480 e. The van der Waals surface area contributed by atoms with Crippen molar-refractivity contribution in [2.75, 3.05) is 6.61 Å². The van der Waals surface area contributed by atoms with Crippen molar-refractivity contribution in [1.82, 2.24) is 0 Å². The van der Waals surface area contributed by atoms with Gasteiger partial charge in [-0.1, -0.05) is 0 Å². The van der Waals surface area contributed by atoms with E-state index in [2.05, 4.69) is 0 Å². The third-order valence-corrected chi connectivity index (χ3v) is 3.54. The number of hydrogen-bond acceptors (Lipinski definition) is 5. The highest BCUT2D eigenvalue weighted by molar-refractivity contribution is 5.80. The van der Waals surface area contributed by atoms with Crippen LogP contribution >= 0.6 is 0 Å². The van der Waals surface area contributed by atoms with E-state index in [1.807, 2.05) is 0 Å². The summed E-state index contributed by atoms with van der Waals surface area (Å²) in [7, 11) is 0. The molecule has 7 nitrogen and oxygen atoms in total. The molecule has 0 aliphatic carbocycles. The number of hydrogen-bond donors (Lipinski definition) is 3. The van der Waals surface area contributed by atoms with E-state index in [4.69, 9.17) is 20.3 Å². The van der Waals surface area contributed by atoms with Crippen molar-refractivity contribution in [1.29, 1.82) is 0 Å². The molecule has 0 aromatic heterocycles. The zero-order valence-electron chi connectivity index (χ0n) is 9.87. The summed E-state index contributed by atoms with van der Waals surface area (Å²) >= 11 is 0. The number of nitrogens with two attached hydrogens (primary N) is 1. The molecule has 0 spiro atoms. The molecule has 0 unspecified atom stereocenters. The molecule has 2 saturated heterocycles. The molecule has 2 rings (SSSR count). The Kier molecular flexibility index (Phi) is 3.56. The molecule has 0 aromatic carbocycles. The van der Waals surface area contributed by atoms with Crippen molar-refractivity contribution < 1.29 is 29.3 Å². The van der Waals surface area contributed by atoms with Crippen LogP contribution in [-0.4, -0.2) is 52.6 Å². The minimum absolute atomic E-state index is 0.161. The molecule has 4 N–H and O–H groups in total. The van der Waals surface area contributed by atoms with E-state index in [-0.39, 0.29) is 25.0 Å². The van der Waals surface area contributed by atoms with Gasteiger partial charge in [0.15, 0.2) is 5.60 Å². The highest BCUT2D eigenvalue weighted by Gasteiger charge is 2.54. The zero-order chi connectivity index (χ0) is 13.3. The number of carbonyl (C=O) groups is 2. The molecule has 0 bridgehead atoms. The fourth-order valence-electron chi connectivity index (χ4n) is 2.60. The topological polar surface area (TPSA) is 119 Å². The molecule has 2 aliphatic heterocycles. The van der Waals surface area contributed by atoms with Crippen LogP contribution in [0.3, 0.4) is 0 Å². The lowest BCUT2D eigenvalue weighted by atomic mass is 9.90. The molecule has 2 heterocycles. The first kappa shape index (κ1) is 13.3. The van der Waals surface area contributed by atoms with Gasteiger partial charge >= 0.3 is 11.9 Å². The van der Waals surface area contributed by atoms with Crippen molar-refractivity contribution in [3.8, 4) is 0 Å². The van der Waals surface area contributed by atoms with Crippen LogP contribution in [0.1, 0.15) is 25.7 Å². The quantitative estimate of drug-likeness (QED) is 0.627. The van der Waals surface area contributed by atoms with Gasteiger partial charge in [-0.3, -0.25) is 4.79 Å². The van der Waals surface area contributed by atoms with Gasteiger partial charge in [-0.25, -0.2) is 4.79 Å².